The Kier molecular flexibility index (Phi) is 5.16. The molecule has 1 N–H and O–H groups in total. The van der Waals surface area contributed by atoms with Crippen LogP contribution < -0.4 is 5.32 Å². The highest BCUT2D eigenvalue weighted by Crippen LogP contribution is 2.21. The van der Waals surface area contributed by atoms with Crippen molar-refractivity contribution < 1.29 is 13.7 Å². The van der Waals surface area contributed by atoms with Crippen LogP contribution in [0.4, 0.5) is 5.69 Å². The van der Waals surface area contributed by atoms with Gasteiger partial charge in [-0.15, -0.1) is 0 Å². The van der Waals surface area contributed by atoms with Gasteiger partial charge in [0.2, 0.25) is 17.6 Å². The molecule has 28 heavy (non-hydrogen) atoms. The molecule has 4 aromatic rings. The number of aryl methyl sites for hydroxylation is 1. The summed E-state index contributed by atoms with van der Waals surface area (Å²) >= 11 is 5.87. The molecule has 2 heterocycles. The number of carbonyl (C=O) groups is 1. The molecule has 7 nitrogen and oxygen atoms in total. The maximum Gasteiger partial charge on any atom is 0.227 e. The average Bonchev–Trinajstić information content (AvgIpc) is 3.40. The van der Waals surface area contributed by atoms with Gasteiger partial charge >= 0.3 is 0 Å². The molecule has 0 atom stereocenters. The number of benzene rings is 2. The van der Waals surface area contributed by atoms with E-state index in [0.717, 1.165) is 11.1 Å². The number of nitrogens with one attached hydrogen (secondary N) is 1. The van der Waals surface area contributed by atoms with Crippen LogP contribution in [-0.4, -0.2) is 21.0 Å². The molecule has 1 amide bonds. The highest BCUT2D eigenvalue weighted by molar-refractivity contribution is 6.30. The maximum atomic E-state index is 12.2. The monoisotopic (exact) mass is 394 g/mol. The summed E-state index contributed by atoms with van der Waals surface area (Å²) < 4.78 is 10.5. The Labute approximate surface area is 165 Å². The molecule has 0 saturated heterocycles. The van der Waals surface area contributed by atoms with E-state index in [1.54, 1.807) is 30.5 Å². The van der Waals surface area contributed by atoms with E-state index in [-0.39, 0.29) is 12.3 Å². The first-order chi connectivity index (χ1) is 13.7. The van der Waals surface area contributed by atoms with E-state index in [1.807, 2.05) is 24.3 Å². The Hall–Kier alpha value is -3.45. The number of anilines is 1. The fraction of sp³-hybridized carbons (Fsp3) is 0.100. The van der Waals surface area contributed by atoms with Crippen LogP contribution in [0.2, 0.25) is 5.02 Å². The van der Waals surface area contributed by atoms with Gasteiger partial charge in [0, 0.05) is 34.7 Å². The lowest BCUT2D eigenvalue weighted by Crippen LogP contribution is -2.12. The molecule has 0 aliphatic rings. The first-order valence-electron chi connectivity index (χ1n) is 8.55. The zero-order chi connectivity index (χ0) is 19.3. The topological polar surface area (TPSA) is 94.0 Å². The van der Waals surface area contributed by atoms with Crippen LogP contribution in [0.3, 0.4) is 0 Å². The molecular formula is C20H15ClN4O3. The van der Waals surface area contributed by atoms with Crippen molar-refractivity contribution in [2.24, 2.45) is 0 Å². The number of nitrogens with zero attached hydrogens (tertiary/aromatic N) is 3. The number of rotatable bonds is 6. The normalized spacial score (nSPS) is 10.8. The minimum atomic E-state index is -0.140. The lowest BCUT2D eigenvalue weighted by Gasteiger charge is -2.04. The molecule has 2 aromatic heterocycles. The Bertz CT molecular complexity index is 1060. The van der Waals surface area contributed by atoms with Gasteiger partial charge in [-0.1, -0.05) is 16.8 Å². The van der Waals surface area contributed by atoms with Crippen molar-refractivity contribution in [3.05, 3.63) is 72.0 Å². The molecule has 0 spiro atoms. The maximum absolute atomic E-state index is 12.2. The molecule has 0 bridgehead atoms. The van der Waals surface area contributed by atoms with Gasteiger partial charge in [-0.05, 0) is 48.5 Å². The molecule has 0 saturated carbocycles. The first kappa shape index (κ1) is 17.9. The number of halogens is 1. The van der Waals surface area contributed by atoms with E-state index in [0.29, 0.717) is 34.6 Å². The molecule has 8 heteroatoms. The summed E-state index contributed by atoms with van der Waals surface area (Å²) in [5, 5.41) is 7.41. The summed E-state index contributed by atoms with van der Waals surface area (Å²) in [4.78, 5) is 20.4. The number of carbonyl (C=O) groups excluding carboxylic acids is 1. The van der Waals surface area contributed by atoms with Crippen molar-refractivity contribution in [2.45, 2.75) is 12.8 Å². The Morgan fingerprint density at radius 1 is 1.04 bits per heavy atom. The lowest BCUT2D eigenvalue weighted by atomic mass is 10.1. The Morgan fingerprint density at radius 3 is 2.50 bits per heavy atom. The largest absolute Gasteiger partial charge is 0.444 e. The lowest BCUT2D eigenvalue weighted by molar-refractivity contribution is -0.116. The Morgan fingerprint density at radius 2 is 1.79 bits per heavy atom. The molecule has 0 unspecified atom stereocenters. The van der Waals surface area contributed by atoms with Gasteiger partial charge in [0.05, 0.1) is 6.20 Å². The second kappa shape index (κ2) is 8.06. The van der Waals surface area contributed by atoms with Crippen molar-refractivity contribution in [3.63, 3.8) is 0 Å². The zero-order valence-corrected chi connectivity index (χ0v) is 15.4. The number of oxazole rings is 1. The molecule has 140 valence electrons. The fourth-order valence-electron chi connectivity index (χ4n) is 2.59. The van der Waals surface area contributed by atoms with Crippen molar-refractivity contribution >= 4 is 23.2 Å². The number of amides is 1. The van der Waals surface area contributed by atoms with E-state index in [1.165, 1.54) is 6.39 Å². The van der Waals surface area contributed by atoms with Crippen LogP contribution in [0.15, 0.2) is 70.1 Å². The number of aromatic nitrogens is 3. The van der Waals surface area contributed by atoms with E-state index in [9.17, 15) is 4.79 Å². The van der Waals surface area contributed by atoms with Crippen LogP contribution in [0.1, 0.15) is 12.3 Å². The fourth-order valence-corrected chi connectivity index (χ4v) is 2.72. The minimum absolute atomic E-state index is 0.140. The van der Waals surface area contributed by atoms with E-state index < -0.39 is 0 Å². The molecular weight excluding hydrogens is 380 g/mol. The van der Waals surface area contributed by atoms with Crippen molar-refractivity contribution in [1.29, 1.82) is 0 Å². The van der Waals surface area contributed by atoms with Gasteiger partial charge in [0.1, 0.15) is 0 Å². The molecule has 0 radical (unpaired) electrons. The summed E-state index contributed by atoms with van der Waals surface area (Å²) in [6, 6.07) is 14.5. The highest BCUT2D eigenvalue weighted by Gasteiger charge is 2.11. The molecule has 2 aromatic carbocycles. The molecule has 0 aliphatic heterocycles. The van der Waals surface area contributed by atoms with Crippen LogP contribution in [0.25, 0.3) is 22.7 Å². The summed E-state index contributed by atoms with van der Waals surface area (Å²) in [5.74, 6) is 1.40. The van der Waals surface area contributed by atoms with Crippen LogP contribution in [0.5, 0.6) is 0 Å². The van der Waals surface area contributed by atoms with Crippen LogP contribution in [0, 0.1) is 0 Å². The van der Waals surface area contributed by atoms with Gasteiger partial charge in [0.15, 0.2) is 12.2 Å². The standard InChI is InChI=1S/C20H15ClN4O3/c21-15-5-1-14(2-6-15)20-24-19(28-25-20)10-9-18(26)23-16-7-3-13(4-8-16)17-11-22-12-27-17/h1-8,11-12H,9-10H2,(H,23,26). The van der Waals surface area contributed by atoms with Crippen LogP contribution >= 0.6 is 11.6 Å². The van der Waals surface area contributed by atoms with Crippen LogP contribution in [-0.2, 0) is 11.2 Å². The second-order valence-corrected chi connectivity index (χ2v) is 6.45. The minimum Gasteiger partial charge on any atom is -0.444 e. The average molecular weight is 395 g/mol. The van der Waals surface area contributed by atoms with Gasteiger partial charge in [0.25, 0.3) is 0 Å². The summed E-state index contributed by atoms with van der Waals surface area (Å²) in [6.45, 7) is 0. The number of hydrogen-bond acceptors (Lipinski definition) is 6. The third kappa shape index (κ3) is 4.27. The molecule has 0 fully saturated rings. The molecule has 0 aliphatic carbocycles. The van der Waals surface area contributed by atoms with Crippen molar-refractivity contribution in [2.75, 3.05) is 5.32 Å². The summed E-state index contributed by atoms with van der Waals surface area (Å²) in [6.07, 6.45) is 3.59. The molecule has 4 rings (SSSR count). The van der Waals surface area contributed by atoms with Gasteiger partial charge in [-0.25, -0.2) is 4.98 Å². The first-order valence-corrected chi connectivity index (χ1v) is 8.92. The number of hydrogen-bond donors (Lipinski definition) is 1. The second-order valence-electron chi connectivity index (χ2n) is 6.01. The Balaban J connectivity index is 1.31. The van der Waals surface area contributed by atoms with E-state index >= 15 is 0 Å². The third-order valence-electron chi connectivity index (χ3n) is 4.02. The van der Waals surface area contributed by atoms with E-state index in [4.69, 9.17) is 20.5 Å². The van der Waals surface area contributed by atoms with Crippen molar-refractivity contribution in [1.82, 2.24) is 15.1 Å². The van der Waals surface area contributed by atoms with Gasteiger partial charge < -0.3 is 14.3 Å². The van der Waals surface area contributed by atoms with Gasteiger partial charge in [-0.3, -0.25) is 4.79 Å². The quantitative estimate of drug-likeness (QED) is 0.513. The smallest absolute Gasteiger partial charge is 0.227 e. The highest BCUT2D eigenvalue weighted by atomic mass is 35.5. The predicted molar refractivity (Wildman–Crippen MR) is 104 cm³/mol. The zero-order valence-electron chi connectivity index (χ0n) is 14.6. The van der Waals surface area contributed by atoms with Gasteiger partial charge in [-0.2, -0.15) is 4.98 Å². The van der Waals surface area contributed by atoms with Crippen molar-refractivity contribution in [3.8, 4) is 22.7 Å². The SMILES string of the molecule is O=C(CCc1nc(-c2ccc(Cl)cc2)no1)Nc1ccc(-c2cnco2)cc1. The third-order valence-corrected chi connectivity index (χ3v) is 4.27. The predicted octanol–water partition coefficient (Wildman–Crippen LogP) is 4.62. The van der Waals surface area contributed by atoms with E-state index in [2.05, 4.69) is 20.4 Å². The summed E-state index contributed by atoms with van der Waals surface area (Å²) in [5.41, 5.74) is 2.38. The summed E-state index contributed by atoms with van der Waals surface area (Å²) in [7, 11) is 0.